The summed E-state index contributed by atoms with van der Waals surface area (Å²) < 4.78 is 6.31. The molecule has 0 saturated heterocycles. The number of hydrogen-bond donors (Lipinski definition) is 1. The number of benzene rings is 1. The summed E-state index contributed by atoms with van der Waals surface area (Å²) in [6.07, 6.45) is 2.23. The average Bonchev–Trinajstić information content (AvgIpc) is 3.02. The first-order chi connectivity index (χ1) is 11.7. The van der Waals surface area contributed by atoms with Gasteiger partial charge >= 0.3 is 0 Å². The third-order valence-corrected chi connectivity index (χ3v) is 5.27. The second-order valence-corrected chi connectivity index (χ2v) is 7.32. The number of anilines is 1. The van der Waals surface area contributed by atoms with E-state index in [2.05, 4.69) is 22.4 Å². The predicted octanol–water partition coefficient (Wildman–Crippen LogP) is 3.79. The normalized spacial score (nSPS) is 10.9. The van der Waals surface area contributed by atoms with Crippen LogP contribution in [0.3, 0.4) is 0 Å². The SMILES string of the molecule is CCCCSc1nnc(NC(=O)c2cc(=O)c3ccccc3o2)s1. The number of unbranched alkanes of at least 4 members (excludes halogenated alkanes) is 1. The molecule has 1 aromatic carbocycles. The Labute approximate surface area is 146 Å². The van der Waals surface area contributed by atoms with E-state index in [1.165, 1.54) is 17.4 Å². The molecule has 124 valence electrons. The molecule has 1 N–H and O–H groups in total. The molecular weight excluding hydrogens is 346 g/mol. The Balaban J connectivity index is 1.74. The zero-order valence-corrected chi connectivity index (χ0v) is 14.6. The molecular formula is C16H15N3O3S2. The van der Waals surface area contributed by atoms with Crippen LogP contribution < -0.4 is 10.7 Å². The number of carbonyl (C=O) groups excluding carboxylic acids is 1. The number of fused-ring (bicyclic) bond motifs is 1. The Bertz CT molecular complexity index is 920. The van der Waals surface area contributed by atoms with Crippen LogP contribution in [0.1, 0.15) is 30.3 Å². The zero-order valence-electron chi connectivity index (χ0n) is 12.9. The van der Waals surface area contributed by atoms with Crippen molar-refractivity contribution in [1.29, 1.82) is 0 Å². The van der Waals surface area contributed by atoms with Gasteiger partial charge in [0.1, 0.15) is 5.58 Å². The molecule has 0 saturated carbocycles. The van der Waals surface area contributed by atoms with Gasteiger partial charge in [-0.25, -0.2) is 0 Å². The molecule has 0 aliphatic heterocycles. The van der Waals surface area contributed by atoms with Crippen LogP contribution >= 0.6 is 23.1 Å². The van der Waals surface area contributed by atoms with Crippen molar-refractivity contribution in [2.45, 2.75) is 24.1 Å². The van der Waals surface area contributed by atoms with Crippen LogP contribution in [-0.4, -0.2) is 21.9 Å². The van der Waals surface area contributed by atoms with Gasteiger partial charge in [-0.1, -0.05) is 48.6 Å². The highest BCUT2D eigenvalue weighted by Gasteiger charge is 2.15. The number of amides is 1. The third-order valence-electron chi connectivity index (χ3n) is 3.21. The van der Waals surface area contributed by atoms with Crippen LogP contribution in [0, 0.1) is 0 Å². The summed E-state index contributed by atoms with van der Waals surface area (Å²) >= 11 is 2.92. The van der Waals surface area contributed by atoms with E-state index in [9.17, 15) is 9.59 Å². The minimum absolute atomic E-state index is 0.0471. The molecule has 0 aliphatic rings. The largest absolute Gasteiger partial charge is 0.451 e. The Morgan fingerprint density at radius 2 is 2.17 bits per heavy atom. The highest BCUT2D eigenvalue weighted by atomic mass is 32.2. The maximum Gasteiger partial charge on any atom is 0.293 e. The van der Waals surface area contributed by atoms with Crippen molar-refractivity contribution in [3.8, 4) is 0 Å². The van der Waals surface area contributed by atoms with E-state index in [-0.39, 0.29) is 11.2 Å². The van der Waals surface area contributed by atoms with E-state index >= 15 is 0 Å². The molecule has 2 aromatic heterocycles. The molecule has 0 atom stereocenters. The molecule has 0 spiro atoms. The van der Waals surface area contributed by atoms with Crippen molar-refractivity contribution < 1.29 is 9.21 Å². The fourth-order valence-corrected chi connectivity index (χ4v) is 3.90. The van der Waals surface area contributed by atoms with E-state index < -0.39 is 5.91 Å². The van der Waals surface area contributed by atoms with Crippen LogP contribution in [-0.2, 0) is 0 Å². The molecule has 1 amide bonds. The van der Waals surface area contributed by atoms with Gasteiger partial charge in [-0.2, -0.15) is 0 Å². The van der Waals surface area contributed by atoms with Gasteiger partial charge in [-0.05, 0) is 18.6 Å². The van der Waals surface area contributed by atoms with E-state index in [0.29, 0.717) is 16.1 Å². The van der Waals surface area contributed by atoms with Crippen LogP contribution in [0.25, 0.3) is 11.0 Å². The molecule has 24 heavy (non-hydrogen) atoms. The van der Waals surface area contributed by atoms with E-state index in [1.54, 1.807) is 36.0 Å². The quantitative estimate of drug-likeness (QED) is 0.408. The lowest BCUT2D eigenvalue weighted by atomic mass is 10.2. The molecule has 8 heteroatoms. The summed E-state index contributed by atoms with van der Waals surface area (Å²) in [6.45, 7) is 2.13. The average molecular weight is 361 g/mol. The molecule has 3 rings (SSSR count). The molecule has 0 unspecified atom stereocenters. The fraction of sp³-hybridized carbons (Fsp3) is 0.250. The van der Waals surface area contributed by atoms with Crippen molar-refractivity contribution in [3.63, 3.8) is 0 Å². The summed E-state index contributed by atoms with van der Waals surface area (Å²) in [5.41, 5.74) is 0.123. The lowest BCUT2D eigenvalue weighted by molar-refractivity contribution is 0.0997. The number of rotatable bonds is 6. The number of aromatic nitrogens is 2. The molecule has 0 fully saturated rings. The van der Waals surface area contributed by atoms with Gasteiger partial charge in [-0.15, -0.1) is 10.2 Å². The number of thioether (sulfide) groups is 1. The van der Waals surface area contributed by atoms with Crippen molar-refractivity contribution in [2.75, 3.05) is 11.1 Å². The van der Waals surface area contributed by atoms with Gasteiger partial charge in [0.25, 0.3) is 5.91 Å². The number of nitrogens with zero attached hydrogens (tertiary/aromatic N) is 2. The second kappa shape index (κ2) is 7.59. The third kappa shape index (κ3) is 3.82. The summed E-state index contributed by atoms with van der Waals surface area (Å²) in [6, 6.07) is 8.00. The minimum atomic E-state index is -0.515. The molecule has 6 nitrogen and oxygen atoms in total. The molecule has 2 heterocycles. The van der Waals surface area contributed by atoms with Crippen LogP contribution in [0.2, 0.25) is 0 Å². The minimum Gasteiger partial charge on any atom is -0.451 e. The van der Waals surface area contributed by atoms with Crippen molar-refractivity contribution in [2.24, 2.45) is 0 Å². The summed E-state index contributed by atoms with van der Waals surface area (Å²) in [5.74, 6) is 0.409. The first-order valence-electron chi connectivity index (χ1n) is 7.48. The van der Waals surface area contributed by atoms with E-state index in [1.807, 2.05) is 0 Å². The summed E-state index contributed by atoms with van der Waals surface area (Å²) in [4.78, 5) is 24.3. The first kappa shape index (κ1) is 16.7. The molecule has 0 aliphatic carbocycles. The number of para-hydroxylation sites is 1. The maximum absolute atomic E-state index is 12.3. The highest BCUT2D eigenvalue weighted by Crippen LogP contribution is 2.26. The van der Waals surface area contributed by atoms with Gasteiger partial charge in [0.15, 0.2) is 15.5 Å². The second-order valence-electron chi connectivity index (χ2n) is 5.00. The molecule has 0 bridgehead atoms. The van der Waals surface area contributed by atoms with Gasteiger partial charge in [0.05, 0.1) is 5.39 Å². The Kier molecular flexibility index (Phi) is 5.27. The summed E-state index contributed by atoms with van der Waals surface area (Å²) in [7, 11) is 0. The van der Waals surface area contributed by atoms with E-state index in [4.69, 9.17) is 4.42 Å². The van der Waals surface area contributed by atoms with E-state index in [0.717, 1.165) is 22.9 Å². The Morgan fingerprint density at radius 1 is 1.33 bits per heavy atom. The number of nitrogens with one attached hydrogen (secondary N) is 1. The fourth-order valence-electron chi connectivity index (χ4n) is 2.00. The first-order valence-corrected chi connectivity index (χ1v) is 9.28. The topological polar surface area (TPSA) is 85.1 Å². The zero-order chi connectivity index (χ0) is 16.9. The van der Waals surface area contributed by atoms with Crippen molar-refractivity contribution >= 4 is 45.1 Å². The lowest BCUT2D eigenvalue weighted by Crippen LogP contribution is -2.14. The Morgan fingerprint density at radius 3 is 3.00 bits per heavy atom. The highest BCUT2D eigenvalue weighted by molar-refractivity contribution is 8.01. The molecule has 0 radical (unpaired) electrons. The smallest absolute Gasteiger partial charge is 0.293 e. The monoisotopic (exact) mass is 361 g/mol. The van der Waals surface area contributed by atoms with Crippen molar-refractivity contribution in [1.82, 2.24) is 10.2 Å². The summed E-state index contributed by atoms with van der Waals surface area (Å²) in [5, 5.41) is 11.4. The molecule has 3 aromatic rings. The van der Waals surface area contributed by atoms with Crippen molar-refractivity contribution in [3.05, 3.63) is 46.3 Å². The van der Waals surface area contributed by atoms with Crippen LogP contribution in [0.5, 0.6) is 0 Å². The standard InChI is InChI=1S/C16H15N3O3S2/c1-2-3-8-23-16-19-18-15(24-16)17-14(21)13-9-11(20)10-6-4-5-7-12(10)22-13/h4-7,9H,2-3,8H2,1H3,(H,17,18,21). The Hall–Kier alpha value is -2.19. The lowest BCUT2D eigenvalue weighted by Gasteiger charge is -2.02. The van der Waals surface area contributed by atoms with Gasteiger partial charge in [0.2, 0.25) is 5.13 Å². The van der Waals surface area contributed by atoms with Gasteiger partial charge < -0.3 is 4.42 Å². The van der Waals surface area contributed by atoms with Crippen LogP contribution in [0.4, 0.5) is 5.13 Å². The number of hydrogen-bond acceptors (Lipinski definition) is 7. The maximum atomic E-state index is 12.3. The van der Waals surface area contributed by atoms with Crippen LogP contribution in [0.15, 0.2) is 43.9 Å². The van der Waals surface area contributed by atoms with Gasteiger partial charge in [-0.3, -0.25) is 14.9 Å². The number of carbonyl (C=O) groups is 1. The predicted molar refractivity (Wildman–Crippen MR) is 96.0 cm³/mol. The van der Waals surface area contributed by atoms with Gasteiger partial charge in [0, 0.05) is 11.8 Å².